The molecule has 4 nitrogen and oxygen atoms in total. The van der Waals surface area contributed by atoms with Gasteiger partial charge >= 0.3 is 0 Å². The monoisotopic (exact) mass is 419 g/mol. The molecule has 0 bridgehead atoms. The predicted molar refractivity (Wildman–Crippen MR) is 127 cm³/mol. The summed E-state index contributed by atoms with van der Waals surface area (Å²) in [5.74, 6) is -0.111. The second-order valence-electron chi connectivity index (χ2n) is 7.74. The number of amides is 1. The van der Waals surface area contributed by atoms with Crippen LogP contribution in [0.2, 0.25) is 0 Å². The van der Waals surface area contributed by atoms with Gasteiger partial charge in [-0.2, -0.15) is 5.10 Å². The van der Waals surface area contributed by atoms with Crippen LogP contribution in [0.25, 0.3) is 5.69 Å². The Bertz CT molecular complexity index is 1080. The van der Waals surface area contributed by atoms with E-state index < -0.39 is 0 Å². The molecule has 1 N–H and O–H groups in total. The van der Waals surface area contributed by atoms with Crippen LogP contribution in [0.4, 0.5) is 0 Å². The molecular formula is C25H29N3OS. The average molecular weight is 420 g/mol. The molecule has 0 saturated heterocycles. The van der Waals surface area contributed by atoms with Crippen molar-refractivity contribution in [2.75, 3.05) is 0 Å². The lowest BCUT2D eigenvalue weighted by Gasteiger charge is -2.11. The summed E-state index contributed by atoms with van der Waals surface area (Å²) in [6.45, 7) is 12.3. The van der Waals surface area contributed by atoms with Gasteiger partial charge in [-0.15, -0.1) is 11.8 Å². The molecule has 0 saturated carbocycles. The van der Waals surface area contributed by atoms with E-state index in [1.165, 1.54) is 28.5 Å². The first kappa shape index (κ1) is 21.9. The fourth-order valence-electron chi connectivity index (χ4n) is 3.31. The van der Waals surface area contributed by atoms with Crippen molar-refractivity contribution in [1.29, 1.82) is 0 Å². The quantitative estimate of drug-likeness (QED) is 0.319. The zero-order chi connectivity index (χ0) is 21.8. The molecule has 0 unspecified atom stereocenters. The number of hydrogen-bond donors (Lipinski definition) is 1. The third-order valence-corrected chi connectivity index (χ3v) is 6.41. The van der Waals surface area contributed by atoms with E-state index in [2.05, 4.69) is 86.1 Å². The number of thioether (sulfide) groups is 1. The number of hydrazone groups is 1. The zero-order valence-electron chi connectivity index (χ0n) is 18.5. The Balaban J connectivity index is 1.68. The Kier molecular flexibility index (Phi) is 6.83. The summed E-state index contributed by atoms with van der Waals surface area (Å²) >= 11 is 1.53. The third kappa shape index (κ3) is 5.03. The molecule has 156 valence electrons. The fraction of sp³-hybridized carbons (Fsp3) is 0.280. The highest BCUT2D eigenvalue weighted by Crippen LogP contribution is 2.24. The number of benzene rings is 2. The Morgan fingerprint density at radius 3 is 2.37 bits per heavy atom. The van der Waals surface area contributed by atoms with Crippen LogP contribution in [0.5, 0.6) is 0 Å². The molecule has 1 aromatic heterocycles. The number of nitrogens with one attached hydrogen (secondary N) is 1. The van der Waals surface area contributed by atoms with E-state index in [1.807, 2.05) is 19.1 Å². The van der Waals surface area contributed by atoms with Gasteiger partial charge in [0.15, 0.2) is 0 Å². The van der Waals surface area contributed by atoms with E-state index in [0.717, 1.165) is 27.5 Å². The number of rotatable bonds is 6. The van der Waals surface area contributed by atoms with Gasteiger partial charge in [-0.1, -0.05) is 23.8 Å². The predicted octanol–water partition coefficient (Wildman–Crippen LogP) is 5.65. The molecular weight excluding hydrogens is 390 g/mol. The fourth-order valence-corrected chi connectivity index (χ4v) is 4.17. The lowest BCUT2D eigenvalue weighted by Crippen LogP contribution is -2.26. The molecule has 0 aliphatic rings. The number of carbonyl (C=O) groups is 1. The van der Waals surface area contributed by atoms with Crippen LogP contribution in [0.1, 0.15) is 40.6 Å². The lowest BCUT2D eigenvalue weighted by molar-refractivity contribution is -0.120. The zero-order valence-corrected chi connectivity index (χ0v) is 19.3. The van der Waals surface area contributed by atoms with E-state index in [4.69, 9.17) is 0 Å². The highest BCUT2D eigenvalue weighted by Gasteiger charge is 2.14. The second-order valence-corrected chi connectivity index (χ2v) is 9.15. The Morgan fingerprint density at radius 1 is 1.00 bits per heavy atom. The van der Waals surface area contributed by atoms with Gasteiger partial charge < -0.3 is 4.57 Å². The van der Waals surface area contributed by atoms with Crippen molar-refractivity contribution in [3.8, 4) is 5.69 Å². The van der Waals surface area contributed by atoms with Gasteiger partial charge in [0.25, 0.3) is 5.91 Å². The smallest absolute Gasteiger partial charge is 0.253 e. The van der Waals surface area contributed by atoms with E-state index in [0.29, 0.717) is 0 Å². The molecule has 0 aliphatic heterocycles. The maximum absolute atomic E-state index is 12.4. The highest BCUT2D eigenvalue weighted by molar-refractivity contribution is 8.00. The molecule has 2 aromatic carbocycles. The van der Waals surface area contributed by atoms with Gasteiger partial charge in [0, 0.05) is 27.5 Å². The molecule has 5 heteroatoms. The molecule has 0 radical (unpaired) electrons. The molecule has 1 amide bonds. The maximum atomic E-state index is 12.4. The minimum Gasteiger partial charge on any atom is -0.318 e. The van der Waals surface area contributed by atoms with E-state index in [-0.39, 0.29) is 11.2 Å². The number of aryl methyl sites for hydroxylation is 4. The van der Waals surface area contributed by atoms with Crippen molar-refractivity contribution in [2.45, 2.75) is 51.7 Å². The second kappa shape index (κ2) is 9.35. The van der Waals surface area contributed by atoms with E-state index in [1.54, 1.807) is 6.21 Å². The maximum Gasteiger partial charge on any atom is 0.253 e. The molecule has 3 rings (SSSR count). The van der Waals surface area contributed by atoms with Crippen molar-refractivity contribution in [1.82, 2.24) is 9.99 Å². The van der Waals surface area contributed by atoms with Crippen molar-refractivity contribution < 1.29 is 4.79 Å². The normalized spacial score (nSPS) is 12.3. The van der Waals surface area contributed by atoms with Gasteiger partial charge in [-0.25, -0.2) is 5.43 Å². The van der Waals surface area contributed by atoms with Crippen molar-refractivity contribution >= 4 is 23.9 Å². The summed E-state index contributed by atoms with van der Waals surface area (Å²) in [6.07, 6.45) is 1.72. The molecule has 1 atom stereocenters. The van der Waals surface area contributed by atoms with Crippen LogP contribution >= 0.6 is 11.8 Å². The first-order valence-electron chi connectivity index (χ1n) is 10.1. The van der Waals surface area contributed by atoms with Crippen molar-refractivity contribution in [3.05, 3.63) is 82.2 Å². The van der Waals surface area contributed by atoms with Crippen LogP contribution in [-0.2, 0) is 4.79 Å². The third-order valence-electron chi connectivity index (χ3n) is 5.30. The van der Waals surface area contributed by atoms with Gasteiger partial charge in [0.2, 0.25) is 0 Å². The lowest BCUT2D eigenvalue weighted by atomic mass is 10.1. The summed E-state index contributed by atoms with van der Waals surface area (Å²) < 4.78 is 2.21. The number of aromatic nitrogens is 1. The minimum atomic E-state index is -0.229. The Labute approximate surface area is 183 Å². The van der Waals surface area contributed by atoms with Crippen LogP contribution in [-0.4, -0.2) is 21.9 Å². The van der Waals surface area contributed by atoms with Crippen LogP contribution < -0.4 is 5.43 Å². The molecule has 30 heavy (non-hydrogen) atoms. The van der Waals surface area contributed by atoms with Crippen LogP contribution in [0, 0.1) is 34.6 Å². The first-order valence-corrected chi connectivity index (χ1v) is 11.0. The molecule has 1 heterocycles. The van der Waals surface area contributed by atoms with E-state index >= 15 is 0 Å². The largest absolute Gasteiger partial charge is 0.318 e. The first-order chi connectivity index (χ1) is 14.3. The van der Waals surface area contributed by atoms with Gasteiger partial charge in [0.1, 0.15) is 0 Å². The summed E-state index contributed by atoms with van der Waals surface area (Å²) in [4.78, 5) is 13.5. The van der Waals surface area contributed by atoms with Crippen molar-refractivity contribution in [3.63, 3.8) is 0 Å². The molecule has 0 spiro atoms. The molecule has 0 fully saturated rings. The van der Waals surface area contributed by atoms with Gasteiger partial charge in [-0.3, -0.25) is 4.79 Å². The topological polar surface area (TPSA) is 46.4 Å². The summed E-state index contributed by atoms with van der Waals surface area (Å²) in [5, 5.41) is 3.98. The van der Waals surface area contributed by atoms with Gasteiger partial charge in [0.05, 0.1) is 11.5 Å². The highest BCUT2D eigenvalue weighted by atomic mass is 32.2. The Hall–Kier alpha value is -2.79. The average Bonchev–Trinajstić information content (AvgIpc) is 2.99. The number of carbonyl (C=O) groups excluding carboxylic acids is 1. The van der Waals surface area contributed by atoms with Crippen molar-refractivity contribution in [2.24, 2.45) is 5.10 Å². The molecule has 0 aliphatic carbocycles. The van der Waals surface area contributed by atoms with Gasteiger partial charge in [-0.05, 0) is 83.0 Å². The van der Waals surface area contributed by atoms with E-state index in [9.17, 15) is 4.79 Å². The van der Waals surface area contributed by atoms with Crippen LogP contribution in [0.3, 0.4) is 0 Å². The number of nitrogens with zero attached hydrogens (tertiary/aromatic N) is 2. The standard InChI is InChI=1S/C25H29N3OS/c1-16-7-11-24(12-8-16)30-21(6)25(29)27-26-15-22-14-19(4)28(20(22)5)23-10-9-17(2)18(3)13-23/h7-15,21H,1-6H3,(H,27,29)/b26-15-/t21-/m1/s1. The summed E-state index contributed by atoms with van der Waals surface area (Å²) in [5.41, 5.74) is 10.8. The summed E-state index contributed by atoms with van der Waals surface area (Å²) in [6, 6.07) is 16.7. The summed E-state index contributed by atoms with van der Waals surface area (Å²) in [7, 11) is 0. The molecule has 3 aromatic rings. The van der Waals surface area contributed by atoms with Crippen LogP contribution in [0.15, 0.2) is 58.5 Å². The minimum absolute atomic E-state index is 0.111. The number of hydrogen-bond acceptors (Lipinski definition) is 3. The Morgan fingerprint density at radius 2 is 1.70 bits per heavy atom. The SMILES string of the molecule is Cc1ccc(S[C@H](C)C(=O)N/N=C\c2cc(C)n(-c3ccc(C)c(C)c3)c2C)cc1.